The number of para-hydroxylation sites is 2. The predicted octanol–water partition coefficient (Wildman–Crippen LogP) is 0.602. The lowest BCUT2D eigenvalue weighted by Crippen LogP contribution is -2.34. The standard InChI is InChI=1S/C15H18N2O7/c1-23-9-5-3-2-4-8(9)17-15(22)24-6-7-10(11(7)13(18)19)12(16)14(20)21/h2-5,7,10-12H,6,16H2,1H3,(H,17,22)(H,18,19)(H,20,21). The molecule has 0 aliphatic heterocycles. The van der Waals surface area contributed by atoms with Crippen molar-refractivity contribution in [2.24, 2.45) is 23.5 Å². The molecule has 1 saturated carbocycles. The Kier molecular flexibility index (Phi) is 5.24. The van der Waals surface area contributed by atoms with Gasteiger partial charge in [0.15, 0.2) is 0 Å². The molecule has 24 heavy (non-hydrogen) atoms. The van der Waals surface area contributed by atoms with Gasteiger partial charge >= 0.3 is 18.0 Å². The zero-order valence-electron chi connectivity index (χ0n) is 12.8. The minimum atomic E-state index is -1.31. The molecule has 5 N–H and O–H groups in total. The fourth-order valence-electron chi connectivity index (χ4n) is 2.68. The first-order valence-corrected chi connectivity index (χ1v) is 7.14. The Labute approximate surface area is 137 Å². The number of rotatable bonds is 7. The van der Waals surface area contributed by atoms with Gasteiger partial charge < -0.3 is 25.4 Å². The Bertz CT molecular complexity index is 648. The number of hydrogen-bond acceptors (Lipinski definition) is 6. The third-order valence-electron chi connectivity index (χ3n) is 3.97. The van der Waals surface area contributed by atoms with Gasteiger partial charge in [0, 0.05) is 11.8 Å². The van der Waals surface area contributed by atoms with E-state index >= 15 is 0 Å². The zero-order valence-corrected chi connectivity index (χ0v) is 12.8. The predicted molar refractivity (Wildman–Crippen MR) is 81.7 cm³/mol. The van der Waals surface area contributed by atoms with Crippen LogP contribution in [0.15, 0.2) is 24.3 Å². The minimum absolute atomic E-state index is 0.233. The maximum atomic E-state index is 11.8. The molecule has 9 heteroatoms. The molecule has 0 saturated heterocycles. The average molecular weight is 338 g/mol. The number of carboxylic acids is 2. The van der Waals surface area contributed by atoms with Crippen LogP contribution in [0.1, 0.15) is 0 Å². The summed E-state index contributed by atoms with van der Waals surface area (Å²) in [5, 5.41) is 20.4. The van der Waals surface area contributed by atoms with E-state index in [9.17, 15) is 14.4 Å². The van der Waals surface area contributed by atoms with Gasteiger partial charge in [-0.05, 0) is 12.1 Å². The molecule has 130 valence electrons. The van der Waals surface area contributed by atoms with Crippen LogP contribution in [0.3, 0.4) is 0 Å². The number of benzene rings is 1. The van der Waals surface area contributed by atoms with E-state index in [2.05, 4.69) is 5.32 Å². The van der Waals surface area contributed by atoms with Gasteiger partial charge in [0.25, 0.3) is 0 Å². The summed E-state index contributed by atoms with van der Waals surface area (Å²) in [4.78, 5) is 33.8. The van der Waals surface area contributed by atoms with Gasteiger partial charge in [0.1, 0.15) is 11.8 Å². The van der Waals surface area contributed by atoms with Gasteiger partial charge in [-0.25, -0.2) is 4.79 Å². The molecular formula is C15H18N2O7. The third kappa shape index (κ3) is 3.74. The lowest BCUT2D eigenvalue weighted by Gasteiger charge is -2.10. The van der Waals surface area contributed by atoms with Crippen molar-refractivity contribution in [3.63, 3.8) is 0 Å². The third-order valence-corrected chi connectivity index (χ3v) is 3.97. The summed E-state index contributed by atoms with van der Waals surface area (Å²) in [7, 11) is 1.45. The van der Waals surface area contributed by atoms with Gasteiger partial charge in [-0.1, -0.05) is 12.1 Å². The number of methoxy groups -OCH3 is 1. The summed E-state index contributed by atoms with van der Waals surface area (Å²) in [5.74, 6) is -4.33. The lowest BCUT2D eigenvalue weighted by atomic mass is 10.1. The Morgan fingerprint density at radius 2 is 1.96 bits per heavy atom. The highest BCUT2D eigenvalue weighted by atomic mass is 16.5. The smallest absolute Gasteiger partial charge is 0.411 e. The number of carbonyl (C=O) groups is 3. The number of carbonyl (C=O) groups excluding carboxylic acids is 1. The highest BCUT2D eigenvalue weighted by Gasteiger charge is 2.60. The molecule has 2 rings (SSSR count). The molecule has 1 aromatic carbocycles. The molecule has 0 radical (unpaired) electrons. The van der Waals surface area contributed by atoms with Gasteiger partial charge in [0.2, 0.25) is 0 Å². The second-order valence-electron chi connectivity index (χ2n) is 5.39. The van der Waals surface area contributed by atoms with E-state index < -0.39 is 41.8 Å². The first-order valence-electron chi connectivity index (χ1n) is 7.14. The van der Waals surface area contributed by atoms with Gasteiger partial charge in [-0.15, -0.1) is 0 Å². The van der Waals surface area contributed by atoms with Gasteiger partial charge in [-0.3, -0.25) is 14.9 Å². The Hall–Kier alpha value is -2.81. The molecule has 1 aliphatic carbocycles. The lowest BCUT2D eigenvalue weighted by molar-refractivity contribution is -0.140. The van der Waals surface area contributed by atoms with E-state index in [1.807, 2.05) is 0 Å². The van der Waals surface area contributed by atoms with Crippen molar-refractivity contribution in [3.05, 3.63) is 24.3 Å². The summed E-state index contributed by atoms with van der Waals surface area (Å²) in [6.45, 7) is -0.233. The van der Waals surface area contributed by atoms with Crippen molar-refractivity contribution >= 4 is 23.7 Å². The molecular weight excluding hydrogens is 320 g/mol. The summed E-state index contributed by atoms with van der Waals surface area (Å²) >= 11 is 0. The Morgan fingerprint density at radius 1 is 1.29 bits per heavy atom. The van der Waals surface area contributed by atoms with Crippen molar-refractivity contribution in [1.82, 2.24) is 0 Å². The second kappa shape index (κ2) is 7.18. The first kappa shape index (κ1) is 17.5. The van der Waals surface area contributed by atoms with E-state index in [0.29, 0.717) is 11.4 Å². The number of nitrogens with one attached hydrogen (secondary N) is 1. The molecule has 4 unspecified atom stereocenters. The molecule has 0 heterocycles. The number of carboxylic acid groups (broad SMARTS) is 2. The second-order valence-corrected chi connectivity index (χ2v) is 5.39. The number of nitrogens with two attached hydrogens (primary N) is 1. The van der Waals surface area contributed by atoms with E-state index in [0.717, 1.165) is 0 Å². The molecule has 1 aromatic rings. The van der Waals surface area contributed by atoms with Crippen molar-refractivity contribution in [2.45, 2.75) is 6.04 Å². The van der Waals surface area contributed by atoms with Gasteiger partial charge in [0.05, 0.1) is 25.3 Å². The number of anilines is 1. The SMILES string of the molecule is COc1ccccc1NC(=O)OCC1C(C(=O)O)C1C(N)C(=O)O. The largest absolute Gasteiger partial charge is 0.495 e. The van der Waals surface area contributed by atoms with Crippen LogP contribution in [-0.4, -0.2) is 48.0 Å². The summed E-state index contributed by atoms with van der Waals surface area (Å²) < 4.78 is 10.1. The van der Waals surface area contributed by atoms with E-state index in [4.69, 9.17) is 25.4 Å². The van der Waals surface area contributed by atoms with Crippen LogP contribution in [0.5, 0.6) is 5.75 Å². The van der Waals surface area contributed by atoms with Crippen molar-refractivity contribution in [3.8, 4) is 5.75 Å². The molecule has 4 atom stereocenters. The monoisotopic (exact) mass is 338 g/mol. The quantitative estimate of drug-likeness (QED) is 0.565. The van der Waals surface area contributed by atoms with Crippen LogP contribution < -0.4 is 15.8 Å². The maximum Gasteiger partial charge on any atom is 0.411 e. The zero-order chi connectivity index (χ0) is 17.9. The van der Waals surface area contributed by atoms with Crippen molar-refractivity contribution in [2.75, 3.05) is 19.0 Å². The molecule has 0 bridgehead atoms. The molecule has 0 aromatic heterocycles. The van der Waals surface area contributed by atoms with Crippen molar-refractivity contribution in [1.29, 1.82) is 0 Å². The van der Waals surface area contributed by atoms with Gasteiger partial charge in [-0.2, -0.15) is 0 Å². The number of hydrogen-bond donors (Lipinski definition) is 4. The topological polar surface area (TPSA) is 148 Å². The minimum Gasteiger partial charge on any atom is -0.495 e. The Morgan fingerprint density at radius 3 is 2.54 bits per heavy atom. The van der Waals surface area contributed by atoms with Crippen LogP contribution in [-0.2, 0) is 14.3 Å². The van der Waals surface area contributed by atoms with Crippen LogP contribution in [0.4, 0.5) is 10.5 Å². The molecule has 1 fully saturated rings. The van der Waals surface area contributed by atoms with E-state index in [-0.39, 0.29) is 6.61 Å². The molecule has 9 nitrogen and oxygen atoms in total. The maximum absolute atomic E-state index is 11.8. The van der Waals surface area contributed by atoms with E-state index in [1.54, 1.807) is 24.3 Å². The highest BCUT2D eigenvalue weighted by Crippen LogP contribution is 2.48. The van der Waals surface area contributed by atoms with Crippen molar-refractivity contribution < 1.29 is 34.1 Å². The number of ether oxygens (including phenoxy) is 2. The number of amides is 1. The fourth-order valence-corrected chi connectivity index (χ4v) is 2.68. The normalized spacial score (nSPS) is 23.0. The van der Waals surface area contributed by atoms with Crippen LogP contribution >= 0.6 is 0 Å². The molecule has 1 amide bonds. The number of aliphatic carboxylic acids is 2. The van der Waals surface area contributed by atoms with E-state index in [1.165, 1.54) is 7.11 Å². The fraction of sp³-hybridized carbons (Fsp3) is 0.400. The summed E-state index contributed by atoms with van der Waals surface area (Å²) in [6, 6.07) is 5.38. The first-order chi connectivity index (χ1) is 11.4. The summed E-state index contributed by atoms with van der Waals surface area (Å²) in [5.41, 5.74) is 5.87. The van der Waals surface area contributed by atoms with Crippen LogP contribution in [0.2, 0.25) is 0 Å². The Balaban J connectivity index is 1.91. The average Bonchev–Trinajstić information content (AvgIpc) is 3.27. The van der Waals surface area contributed by atoms with Crippen LogP contribution in [0.25, 0.3) is 0 Å². The molecule has 1 aliphatic rings. The molecule has 0 spiro atoms. The highest BCUT2D eigenvalue weighted by molar-refractivity contribution is 5.87. The van der Waals surface area contributed by atoms with Crippen LogP contribution in [0, 0.1) is 17.8 Å². The summed E-state index contributed by atoms with van der Waals surface area (Å²) in [6.07, 6.45) is -0.793.